The molecule has 0 saturated carbocycles. The molecule has 2 heterocycles. The number of para-hydroxylation sites is 2. The van der Waals surface area contributed by atoms with E-state index in [1.54, 1.807) is 31.2 Å². The number of hydrogen-bond acceptors (Lipinski definition) is 1. The number of nitriles is 1. The fraction of sp³-hybridized carbons (Fsp3) is 0.0909. The Morgan fingerprint density at radius 1 is 0.477 bits per heavy atom. The van der Waals surface area contributed by atoms with Crippen LogP contribution in [-0.4, -0.2) is 9.13 Å². The summed E-state index contributed by atoms with van der Waals surface area (Å²) in [5, 5.41) is 13.0. The molecule has 65 heavy (non-hydrogen) atoms. The second kappa shape index (κ2) is 15.0. The Hall–Kier alpha value is -8.08. The van der Waals surface area contributed by atoms with Crippen molar-refractivity contribution >= 4 is 49.3 Å². The number of benzene rings is 8. The number of alkyl halides is 6. The van der Waals surface area contributed by atoms with E-state index in [1.165, 1.54) is 12.1 Å². The molecule has 0 fully saturated rings. The van der Waals surface area contributed by atoms with Crippen LogP contribution in [0.1, 0.15) is 33.4 Å². The van der Waals surface area contributed by atoms with Gasteiger partial charge in [-0.15, -0.1) is 0 Å². The molecule has 10 rings (SSSR count). The first kappa shape index (κ1) is 41.0. The lowest BCUT2D eigenvalue weighted by molar-refractivity contribution is -0.138. The molecule has 0 amide bonds. The lowest BCUT2D eigenvalue weighted by Crippen LogP contribution is -2.09. The fourth-order valence-electron chi connectivity index (χ4n) is 9.39. The zero-order valence-corrected chi connectivity index (χ0v) is 35.0. The van der Waals surface area contributed by atoms with Gasteiger partial charge in [-0.25, -0.2) is 4.85 Å². The van der Waals surface area contributed by atoms with E-state index in [1.807, 2.05) is 89.7 Å². The van der Waals surface area contributed by atoms with Crippen LogP contribution in [0.15, 0.2) is 152 Å². The Morgan fingerprint density at radius 3 is 1.51 bits per heavy atom. The summed E-state index contributed by atoms with van der Waals surface area (Å²) in [7, 11) is 0. The summed E-state index contributed by atoms with van der Waals surface area (Å²) < 4.78 is 91.5. The average molecular weight is 865 g/mol. The maximum atomic E-state index is 15.0. The lowest BCUT2D eigenvalue weighted by Gasteiger charge is -2.21. The Labute approximate surface area is 369 Å². The SMILES string of the molecule is [C-]#[N+]c1cc(-n2c3ccccc3c3ccc(-c4cc(C)cc(C)c4)cc32)c(-n2c3ccccc3c3ccc(-c4cc(C)cc(C(F)(F)F)c4)cc32)cc1-c1ccc(C#N)cc1C(F)(F)F. The molecule has 10 heteroatoms. The van der Waals surface area contributed by atoms with Gasteiger partial charge in [0.15, 0.2) is 5.69 Å². The van der Waals surface area contributed by atoms with Gasteiger partial charge in [-0.3, -0.25) is 0 Å². The van der Waals surface area contributed by atoms with E-state index in [0.29, 0.717) is 39.1 Å². The summed E-state index contributed by atoms with van der Waals surface area (Å²) in [6, 6.07) is 45.6. The van der Waals surface area contributed by atoms with Crippen LogP contribution < -0.4 is 0 Å². The second-order valence-corrected chi connectivity index (χ2v) is 16.5. The van der Waals surface area contributed by atoms with Crippen molar-refractivity contribution in [2.75, 3.05) is 0 Å². The Bertz CT molecular complexity index is 3680. The van der Waals surface area contributed by atoms with E-state index in [9.17, 15) is 18.4 Å². The fourth-order valence-corrected chi connectivity index (χ4v) is 9.39. The summed E-state index contributed by atoms with van der Waals surface area (Å²) in [5.41, 5.74) is 6.68. The standard InChI is InChI=1S/C55H34F6N4/c1-31-19-32(2)21-37(20-31)35-14-17-44-42-10-6-8-12-49(42)65(51(44)26-35)53-29-47(63-4)45(40-16-13-34(30-62)24-46(40)55(59,60)61)28-52(53)64-48-11-7-5-9-41(48)43-18-15-36(27-50(43)64)38-22-33(3)23-39(25-38)54(56,57)58/h5-29H,1-3H3. The van der Waals surface area contributed by atoms with Gasteiger partial charge in [-0.1, -0.05) is 102 Å². The molecule has 0 radical (unpaired) electrons. The zero-order valence-electron chi connectivity index (χ0n) is 35.0. The van der Waals surface area contributed by atoms with Gasteiger partial charge in [0.2, 0.25) is 0 Å². The minimum atomic E-state index is -4.89. The van der Waals surface area contributed by atoms with Gasteiger partial charge in [0.1, 0.15) is 0 Å². The first-order chi connectivity index (χ1) is 31.1. The Balaban J connectivity index is 1.37. The first-order valence-electron chi connectivity index (χ1n) is 20.6. The van der Waals surface area contributed by atoms with Crippen molar-refractivity contribution in [2.24, 2.45) is 0 Å². The predicted octanol–water partition coefficient (Wildman–Crippen LogP) is 16.3. The molecule has 0 aliphatic carbocycles. The molecule has 4 nitrogen and oxygen atoms in total. The molecular weight excluding hydrogens is 831 g/mol. The monoisotopic (exact) mass is 864 g/mol. The maximum Gasteiger partial charge on any atom is 0.417 e. The third-order valence-electron chi connectivity index (χ3n) is 12.1. The molecule has 0 saturated heterocycles. The van der Waals surface area contributed by atoms with Crippen LogP contribution in [0, 0.1) is 38.7 Å². The number of aromatic nitrogens is 2. The van der Waals surface area contributed by atoms with Crippen LogP contribution in [0.2, 0.25) is 0 Å². The normalized spacial score (nSPS) is 12.0. The highest BCUT2D eigenvalue weighted by Gasteiger charge is 2.35. The van der Waals surface area contributed by atoms with Crippen LogP contribution in [0.25, 0.3) is 93.2 Å². The molecule has 0 atom stereocenters. The molecule has 0 unspecified atom stereocenters. The van der Waals surface area contributed by atoms with Crippen molar-refractivity contribution in [3.05, 3.63) is 196 Å². The third kappa shape index (κ3) is 6.95. The van der Waals surface area contributed by atoms with Crippen molar-refractivity contribution in [1.82, 2.24) is 9.13 Å². The van der Waals surface area contributed by atoms with Crippen molar-refractivity contribution in [3.63, 3.8) is 0 Å². The molecular formula is C55H34F6N4. The molecule has 10 aromatic rings. The van der Waals surface area contributed by atoms with Gasteiger partial charge in [0, 0.05) is 21.5 Å². The Morgan fingerprint density at radius 2 is 0.985 bits per heavy atom. The van der Waals surface area contributed by atoms with Gasteiger partial charge in [0.05, 0.1) is 62.8 Å². The molecule has 0 aliphatic rings. The van der Waals surface area contributed by atoms with Gasteiger partial charge in [-0.2, -0.15) is 31.6 Å². The van der Waals surface area contributed by atoms with Gasteiger partial charge >= 0.3 is 12.4 Å². The smallest absolute Gasteiger partial charge is 0.308 e. The molecule has 0 bridgehead atoms. The zero-order chi connectivity index (χ0) is 45.5. The summed E-state index contributed by atoms with van der Waals surface area (Å²) in [6.45, 7) is 14.2. The average Bonchev–Trinajstić information content (AvgIpc) is 3.79. The number of hydrogen-bond donors (Lipinski definition) is 0. The van der Waals surface area contributed by atoms with Crippen LogP contribution in [-0.2, 0) is 12.4 Å². The molecule has 8 aromatic carbocycles. The number of nitrogens with zero attached hydrogens (tertiary/aromatic N) is 4. The first-order valence-corrected chi connectivity index (χ1v) is 20.6. The van der Waals surface area contributed by atoms with Gasteiger partial charge < -0.3 is 9.13 Å². The van der Waals surface area contributed by atoms with E-state index in [-0.39, 0.29) is 22.4 Å². The minimum Gasteiger partial charge on any atom is -0.308 e. The number of fused-ring (bicyclic) bond motifs is 6. The highest BCUT2D eigenvalue weighted by molar-refractivity contribution is 6.13. The molecule has 0 spiro atoms. The molecule has 316 valence electrons. The molecule has 0 aliphatic heterocycles. The van der Waals surface area contributed by atoms with Crippen molar-refractivity contribution < 1.29 is 26.3 Å². The molecule has 0 N–H and O–H groups in total. The lowest BCUT2D eigenvalue weighted by atomic mass is 9.94. The number of aryl methyl sites for hydroxylation is 3. The quantitative estimate of drug-likeness (QED) is 0.125. The van der Waals surface area contributed by atoms with Crippen LogP contribution >= 0.6 is 0 Å². The van der Waals surface area contributed by atoms with Crippen LogP contribution in [0.4, 0.5) is 32.0 Å². The highest BCUT2D eigenvalue weighted by Crippen LogP contribution is 2.47. The maximum absolute atomic E-state index is 15.0. The van der Waals surface area contributed by atoms with Crippen molar-refractivity contribution in [3.8, 4) is 50.8 Å². The third-order valence-corrected chi connectivity index (χ3v) is 12.1. The van der Waals surface area contributed by atoms with Crippen molar-refractivity contribution in [1.29, 1.82) is 5.26 Å². The van der Waals surface area contributed by atoms with E-state index in [0.717, 1.165) is 73.0 Å². The van der Waals surface area contributed by atoms with Crippen LogP contribution in [0.3, 0.4) is 0 Å². The van der Waals surface area contributed by atoms with E-state index in [4.69, 9.17) is 6.57 Å². The van der Waals surface area contributed by atoms with Crippen LogP contribution in [0.5, 0.6) is 0 Å². The van der Waals surface area contributed by atoms with E-state index >= 15 is 13.2 Å². The second-order valence-electron chi connectivity index (χ2n) is 16.5. The Kier molecular flexibility index (Phi) is 9.47. The highest BCUT2D eigenvalue weighted by atomic mass is 19.4. The minimum absolute atomic E-state index is 0.0113. The molecule has 2 aromatic heterocycles. The van der Waals surface area contributed by atoms with Gasteiger partial charge in [-0.05, 0) is 120 Å². The largest absolute Gasteiger partial charge is 0.417 e. The number of rotatable bonds is 5. The topological polar surface area (TPSA) is 38.0 Å². The summed E-state index contributed by atoms with van der Waals surface area (Å²) in [6.07, 6.45) is -9.47. The number of halogens is 6. The summed E-state index contributed by atoms with van der Waals surface area (Å²) >= 11 is 0. The van der Waals surface area contributed by atoms with E-state index in [2.05, 4.69) is 41.2 Å². The van der Waals surface area contributed by atoms with Gasteiger partial charge in [0.25, 0.3) is 0 Å². The predicted molar refractivity (Wildman–Crippen MR) is 247 cm³/mol. The van der Waals surface area contributed by atoms with Crippen molar-refractivity contribution in [2.45, 2.75) is 33.1 Å². The summed E-state index contributed by atoms with van der Waals surface area (Å²) in [4.78, 5) is 3.87. The summed E-state index contributed by atoms with van der Waals surface area (Å²) in [5.74, 6) is 0. The van der Waals surface area contributed by atoms with E-state index < -0.39 is 23.5 Å².